The molecule has 0 saturated heterocycles. The number of aliphatic carboxylic acids is 1. The van der Waals surface area contributed by atoms with Gasteiger partial charge in [-0.15, -0.1) is 0 Å². The Kier molecular flexibility index (Phi) is 4.20. The van der Waals surface area contributed by atoms with E-state index in [1.54, 1.807) is 24.3 Å². The summed E-state index contributed by atoms with van der Waals surface area (Å²) in [5.41, 5.74) is 5.87. The Morgan fingerprint density at radius 3 is 2.71 bits per heavy atom. The zero-order chi connectivity index (χ0) is 12.8. The van der Waals surface area contributed by atoms with Crippen molar-refractivity contribution in [2.45, 2.75) is 12.5 Å². The quantitative estimate of drug-likeness (QED) is 0.691. The fourth-order valence-corrected chi connectivity index (χ4v) is 1.18. The number of hydrogen-bond acceptors (Lipinski definition) is 4. The lowest BCUT2D eigenvalue weighted by molar-refractivity contribution is -0.140. The highest BCUT2D eigenvalue weighted by molar-refractivity contribution is 5.94. The van der Waals surface area contributed by atoms with Crippen LogP contribution < -0.4 is 11.1 Å². The number of rotatable bonds is 4. The predicted molar refractivity (Wildman–Crippen MR) is 60.0 cm³/mol. The normalized spacial score (nSPS) is 11.3. The highest BCUT2D eigenvalue weighted by Crippen LogP contribution is 2.13. The van der Waals surface area contributed by atoms with Gasteiger partial charge in [0.15, 0.2) is 0 Å². The molecule has 0 spiro atoms. The van der Waals surface area contributed by atoms with Crippen molar-refractivity contribution in [3.05, 3.63) is 29.8 Å². The van der Waals surface area contributed by atoms with Crippen LogP contribution in [0.25, 0.3) is 0 Å². The van der Waals surface area contributed by atoms with Crippen LogP contribution in [0.4, 0.5) is 5.69 Å². The number of amides is 1. The van der Waals surface area contributed by atoms with E-state index in [0.717, 1.165) is 0 Å². The number of carboxylic acids is 1. The summed E-state index contributed by atoms with van der Waals surface area (Å²) >= 11 is 0. The van der Waals surface area contributed by atoms with Gasteiger partial charge in [-0.1, -0.05) is 12.1 Å². The Morgan fingerprint density at radius 1 is 1.47 bits per heavy atom. The highest BCUT2D eigenvalue weighted by Gasteiger charge is 2.16. The molecule has 0 aliphatic rings. The van der Waals surface area contributed by atoms with Crippen molar-refractivity contribution in [2.75, 3.05) is 5.32 Å². The number of carbonyl (C=O) groups excluding carboxylic acids is 1. The Hall–Kier alpha value is -2.39. The molecular weight excluding hydrogens is 222 g/mol. The van der Waals surface area contributed by atoms with Gasteiger partial charge in [-0.05, 0) is 12.1 Å². The number of benzene rings is 1. The lowest BCUT2D eigenvalue weighted by atomic mass is 10.1. The van der Waals surface area contributed by atoms with Crippen molar-refractivity contribution in [2.24, 2.45) is 5.73 Å². The lowest BCUT2D eigenvalue weighted by Crippen LogP contribution is -2.34. The van der Waals surface area contributed by atoms with Crippen LogP contribution in [0.5, 0.6) is 0 Å². The first-order chi connectivity index (χ1) is 8.04. The molecule has 1 atom stereocenters. The summed E-state index contributed by atoms with van der Waals surface area (Å²) in [5, 5.41) is 19.8. The predicted octanol–water partition coefficient (Wildman–Crippen LogP) is 0.299. The second-order valence-electron chi connectivity index (χ2n) is 3.35. The number of carboxylic acid groups (broad SMARTS) is 1. The number of anilines is 1. The van der Waals surface area contributed by atoms with Crippen molar-refractivity contribution in [3.63, 3.8) is 0 Å². The van der Waals surface area contributed by atoms with E-state index in [0.29, 0.717) is 11.3 Å². The first-order valence-electron chi connectivity index (χ1n) is 4.82. The number of nitrogens with zero attached hydrogens (tertiary/aromatic N) is 1. The maximum atomic E-state index is 11.4. The highest BCUT2D eigenvalue weighted by atomic mass is 16.4. The minimum Gasteiger partial charge on any atom is -0.480 e. The molecule has 6 heteroatoms. The number of nitriles is 1. The first-order valence-corrected chi connectivity index (χ1v) is 4.82. The van der Waals surface area contributed by atoms with Crippen LogP contribution in [0.1, 0.15) is 12.0 Å². The van der Waals surface area contributed by atoms with Gasteiger partial charge in [0.25, 0.3) is 0 Å². The van der Waals surface area contributed by atoms with Crippen LogP contribution in [-0.4, -0.2) is 23.0 Å². The number of nitrogens with two attached hydrogens (primary N) is 1. The van der Waals surface area contributed by atoms with Crippen LogP contribution in [-0.2, 0) is 9.59 Å². The maximum Gasteiger partial charge on any atom is 0.321 e. The molecule has 1 unspecified atom stereocenters. The molecule has 1 aromatic carbocycles. The molecule has 1 rings (SSSR count). The molecule has 4 N–H and O–H groups in total. The number of para-hydroxylation sites is 1. The molecule has 0 bridgehead atoms. The van der Waals surface area contributed by atoms with E-state index in [4.69, 9.17) is 16.1 Å². The molecule has 0 aliphatic heterocycles. The van der Waals surface area contributed by atoms with E-state index in [9.17, 15) is 9.59 Å². The molecule has 0 aromatic heterocycles. The Morgan fingerprint density at radius 2 is 2.12 bits per heavy atom. The van der Waals surface area contributed by atoms with E-state index in [-0.39, 0.29) is 6.42 Å². The third-order valence-corrected chi connectivity index (χ3v) is 2.04. The molecule has 0 aliphatic carbocycles. The summed E-state index contributed by atoms with van der Waals surface area (Å²) in [5.74, 6) is -1.78. The first kappa shape index (κ1) is 12.7. The van der Waals surface area contributed by atoms with E-state index in [1.807, 2.05) is 6.07 Å². The molecule has 1 amide bonds. The number of carbonyl (C=O) groups is 2. The Balaban J connectivity index is 2.69. The Labute approximate surface area is 97.7 Å². The van der Waals surface area contributed by atoms with Gasteiger partial charge in [0, 0.05) is 0 Å². The molecule has 6 nitrogen and oxygen atoms in total. The smallest absolute Gasteiger partial charge is 0.321 e. The van der Waals surface area contributed by atoms with E-state index < -0.39 is 17.9 Å². The average Bonchev–Trinajstić information content (AvgIpc) is 2.29. The van der Waals surface area contributed by atoms with Gasteiger partial charge in [0.2, 0.25) is 5.91 Å². The summed E-state index contributed by atoms with van der Waals surface area (Å²) in [7, 11) is 0. The minimum atomic E-state index is -1.25. The van der Waals surface area contributed by atoms with Crippen LogP contribution in [0, 0.1) is 11.3 Å². The molecule has 1 aromatic rings. The van der Waals surface area contributed by atoms with Gasteiger partial charge < -0.3 is 16.2 Å². The zero-order valence-corrected chi connectivity index (χ0v) is 8.88. The molecule has 17 heavy (non-hydrogen) atoms. The van der Waals surface area contributed by atoms with E-state index >= 15 is 0 Å². The van der Waals surface area contributed by atoms with Crippen LogP contribution in [0.15, 0.2) is 24.3 Å². The second-order valence-corrected chi connectivity index (χ2v) is 3.35. The standard InChI is InChI=1S/C11H11N3O3/c12-6-7-3-1-2-4-9(7)14-10(15)5-8(13)11(16)17/h1-4,8H,5,13H2,(H,14,15)(H,16,17). The lowest BCUT2D eigenvalue weighted by Gasteiger charge is -2.08. The van der Waals surface area contributed by atoms with Gasteiger partial charge in [-0.2, -0.15) is 5.26 Å². The maximum absolute atomic E-state index is 11.4. The van der Waals surface area contributed by atoms with Gasteiger partial charge in [0.1, 0.15) is 12.1 Å². The monoisotopic (exact) mass is 233 g/mol. The van der Waals surface area contributed by atoms with Crippen molar-refractivity contribution in [3.8, 4) is 6.07 Å². The SMILES string of the molecule is N#Cc1ccccc1NC(=O)CC(N)C(=O)O. The van der Waals surface area contributed by atoms with Crippen molar-refractivity contribution >= 4 is 17.6 Å². The van der Waals surface area contributed by atoms with E-state index in [1.165, 1.54) is 0 Å². The third-order valence-electron chi connectivity index (χ3n) is 2.04. The number of hydrogen-bond donors (Lipinski definition) is 3. The minimum absolute atomic E-state index is 0.310. The molecule has 0 radical (unpaired) electrons. The van der Waals surface area contributed by atoms with Crippen LogP contribution in [0.3, 0.4) is 0 Å². The van der Waals surface area contributed by atoms with Gasteiger partial charge in [-0.25, -0.2) is 0 Å². The van der Waals surface area contributed by atoms with Crippen molar-refractivity contribution < 1.29 is 14.7 Å². The Bertz CT molecular complexity index is 479. The summed E-state index contributed by atoms with van der Waals surface area (Å²) in [6.07, 6.45) is -0.338. The van der Waals surface area contributed by atoms with E-state index in [2.05, 4.69) is 5.32 Å². The summed E-state index contributed by atoms with van der Waals surface area (Å²) in [4.78, 5) is 21.9. The molecule has 0 fully saturated rings. The summed E-state index contributed by atoms with van der Waals surface area (Å²) < 4.78 is 0. The average molecular weight is 233 g/mol. The van der Waals surface area contributed by atoms with Gasteiger partial charge in [0.05, 0.1) is 17.7 Å². The van der Waals surface area contributed by atoms with Crippen LogP contribution >= 0.6 is 0 Å². The molecule has 0 heterocycles. The van der Waals surface area contributed by atoms with Gasteiger partial charge in [-0.3, -0.25) is 9.59 Å². The molecule has 0 saturated carbocycles. The topological polar surface area (TPSA) is 116 Å². The van der Waals surface area contributed by atoms with Gasteiger partial charge >= 0.3 is 5.97 Å². The third kappa shape index (κ3) is 3.59. The fourth-order valence-electron chi connectivity index (χ4n) is 1.18. The summed E-state index contributed by atoms with van der Waals surface area (Å²) in [6.45, 7) is 0. The zero-order valence-electron chi connectivity index (χ0n) is 8.88. The molecular formula is C11H11N3O3. The number of nitrogens with one attached hydrogen (secondary N) is 1. The summed E-state index contributed by atoms with van der Waals surface area (Å²) in [6, 6.07) is 7.10. The largest absolute Gasteiger partial charge is 0.480 e. The molecule has 88 valence electrons. The fraction of sp³-hybridized carbons (Fsp3) is 0.182. The second kappa shape index (κ2) is 5.63. The van der Waals surface area contributed by atoms with Crippen molar-refractivity contribution in [1.82, 2.24) is 0 Å². The van der Waals surface area contributed by atoms with Crippen molar-refractivity contribution in [1.29, 1.82) is 5.26 Å². The van der Waals surface area contributed by atoms with Crippen LogP contribution in [0.2, 0.25) is 0 Å².